The summed E-state index contributed by atoms with van der Waals surface area (Å²) in [4.78, 5) is 36.0. The molecule has 3 aromatic rings. The quantitative estimate of drug-likeness (QED) is 0.318. The fraction of sp³-hybridized carbons (Fsp3) is 0.484. The fourth-order valence-electron chi connectivity index (χ4n) is 5.39. The van der Waals surface area contributed by atoms with E-state index in [0.29, 0.717) is 36.5 Å². The fourth-order valence-corrected chi connectivity index (χ4v) is 5.39. The number of likely N-dealkylation sites (tertiary alicyclic amines) is 1. The lowest BCUT2D eigenvalue weighted by atomic mass is 9.88. The summed E-state index contributed by atoms with van der Waals surface area (Å²) in [6.07, 6.45) is 4.83. The molecule has 0 radical (unpaired) electrons. The van der Waals surface area contributed by atoms with Crippen molar-refractivity contribution in [3.05, 3.63) is 58.7 Å². The average molecular weight is 545 g/mol. The number of rotatable bonds is 2. The summed E-state index contributed by atoms with van der Waals surface area (Å²) < 4.78 is 18.4. The van der Waals surface area contributed by atoms with E-state index in [2.05, 4.69) is 22.0 Å². The number of carbonyl (C=O) groups excluding carboxylic acids is 2. The van der Waals surface area contributed by atoms with Gasteiger partial charge in [0.05, 0.1) is 25.8 Å². The van der Waals surface area contributed by atoms with E-state index in [4.69, 9.17) is 20.8 Å². The van der Waals surface area contributed by atoms with E-state index < -0.39 is 17.3 Å². The van der Waals surface area contributed by atoms with Crippen molar-refractivity contribution in [3.8, 4) is 11.1 Å². The third-order valence-corrected chi connectivity index (χ3v) is 7.04. The van der Waals surface area contributed by atoms with Crippen LogP contribution in [0.25, 0.3) is 27.0 Å². The maximum Gasteiger partial charge on any atom is 0.418 e. The molecule has 2 aliphatic heterocycles. The summed E-state index contributed by atoms with van der Waals surface area (Å²) in [5, 5.41) is 0.581. The van der Waals surface area contributed by atoms with Crippen LogP contribution in [0.3, 0.4) is 0 Å². The second-order valence-electron chi connectivity index (χ2n) is 12.4. The number of ether oxygens (including phenoxy) is 3. The van der Waals surface area contributed by atoms with Gasteiger partial charge in [-0.25, -0.2) is 24.0 Å². The Morgan fingerprint density at radius 2 is 1.77 bits per heavy atom. The van der Waals surface area contributed by atoms with Gasteiger partial charge in [0.25, 0.3) is 0 Å². The molecular formula is C31H36N4O5. The Kier molecular flexibility index (Phi) is 7.09. The number of hydrogen-bond donors (Lipinski definition) is 0. The first kappa shape index (κ1) is 27.7. The number of benzene rings is 1. The van der Waals surface area contributed by atoms with Crippen LogP contribution in [0.5, 0.6) is 0 Å². The highest BCUT2D eigenvalue weighted by Crippen LogP contribution is 2.40. The molecule has 1 amide bonds. The molecule has 0 aliphatic carbocycles. The number of nitrogens with zero attached hydrogens (tertiary/aromatic N) is 4. The van der Waals surface area contributed by atoms with Crippen LogP contribution in [0.1, 0.15) is 77.1 Å². The molecule has 1 aromatic carbocycles. The van der Waals surface area contributed by atoms with Gasteiger partial charge in [0, 0.05) is 24.3 Å². The third kappa shape index (κ3) is 5.54. The summed E-state index contributed by atoms with van der Waals surface area (Å²) >= 11 is 0. The lowest BCUT2D eigenvalue weighted by Gasteiger charge is -2.31. The van der Waals surface area contributed by atoms with Crippen molar-refractivity contribution in [1.29, 1.82) is 0 Å². The molecular weight excluding hydrogens is 508 g/mol. The van der Waals surface area contributed by atoms with Crippen LogP contribution in [0.15, 0.2) is 30.6 Å². The lowest BCUT2D eigenvalue weighted by molar-refractivity contribution is 0.0220. The third-order valence-electron chi connectivity index (χ3n) is 7.04. The van der Waals surface area contributed by atoms with Crippen LogP contribution in [-0.2, 0) is 27.2 Å². The number of pyridine rings is 1. The van der Waals surface area contributed by atoms with Gasteiger partial charge < -0.3 is 19.1 Å². The van der Waals surface area contributed by atoms with Gasteiger partial charge in [-0.1, -0.05) is 12.1 Å². The summed E-state index contributed by atoms with van der Waals surface area (Å²) in [6, 6.07) is 6.06. The van der Waals surface area contributed by atoms with E-state index in [1.54, 1.807) is 27.0 Å². The molecule has 4 heterocycles. The van der Waals surface area contributed by atoms with Gasteiger partial charge >= 0.3 is 12.2 Å². The van der Waals surface area contributed by atoms with Crippen molar-refractivity contribution >= 4 is 28.9 Å². The number of carbonyl (C=O) groups is 2. The standard InChI is InChI=1S/C31H36N4O5/c1-30(2,3)39-28(36)34-11-8-9-26(34)22-14-20(13-19-10-12-38-18-24(19)22)21-15-23-25(32-7)17-35(27(23)33-16-21)29(37)40-31(4,5)6/h13-17,26H,8-12,18H2,1-6H3/t26-/m0/s1. The van der Waals surface area contributed by atoms with Crippen LogP contribution in [-0.4, -0.2) is 51.0 Å². The summed E-state index contributed by atoms with van der Waals surface area (Å²) in [7, 11) is 0. The van der Waals surface area contributed by atoms with Crippen molar-refractivity contribution in [2.24, 2.45) is 0 Å². The zero-order chi connectivity index (χ0) is 28.8. The molecule has 40 heavy (non-hydrogen) atoms. The first-order chi connectivity index (χ1) is 18.8. The normalized spacial score (nSPS) is 17.4. The monoisotopic (exact) mass is 544 g/mol. The maximum atomic E-state index is 13.1. The van der Waals surface area contributed by atoms with Gasteiger partial charge in [0.2, 0.25) is 5.69 Å². The molecule has 9 nitrogen and oxygen atoms in total. The Morgan fingerprint density at radius 1 is 1.05 bits per heavy atom. The maximum absolute atomic E-state index is 13.1. The minimum absolute atomic E-state index is 0.117. The molecule has 9 heteroatoms. The largest absolute Gasteiger partial charge is 0.444 e. The molecule has 0 saturated carbocycles. The average Bonchev–Trinajstić information content (AvgIpc) is 3.51. The molecule has 2 aliphatic rings. The topological polar surface area (TPSA) is 87.3 Å². The summed E-state index contributed by atoms with van der Waals surface area (Å²) in [5.41, 5.74) is 4.60. The second kappa shape index (κ2) is 10.3. The highest BCUT2D eigenvalue weighted by atomic mass is 16.6. The molecule has 1 fully saturated rings. The molecule has 210 valence electrons. The number of hydrogen-bond acceptors (Lipinski definition) is 6. The highest BCUT2D eigenvalue weighted by Gasteiger charge is 2.35. The number of aromatic nitrogens is 2. The molecule has 1 atom stereocenters. The van der Waals surface area contributed by atoms with E-state index in [1.165, 1.54) is 16.3 Å². The van der Waals surface area contributed by atoms with Crippen molar-refractivity contribution in [3.63, 3.8) is 0 Å². The van der Waals surface area contributed by atoms with Crippen molar-refractivity contribution in [1.82, 2.24) is 14.5 Å². The molecule has 5 rings (SSSR count). The van der Waals surface area contributed by atoms with E-state index in [-0.39, 0.29) is 12.1 Å². The van der Waals surface area contributed by atoms with Crippen molar-refractivity contribution in [2.45, 2.75) is 84.7 Å². The Balaban J connectivity index is 1.58. The first-order valence-corrected chi connectivity index (χ1v) is 13.7. The zero-order valence-electron chi connectivity index (χ0n) is 24.0. The van der Waals surface area contributed by atoms with Gasteiger partial charge in [0.1, 0.15) is 16.8 Å². The number of fused-ring (bicyclic) bond motifs is 2. The Hall–Kier alpha value is -3.90. The van der Waals surface area contributed by atoms with Gasteiger partial charge in [-0.05, 0) is 94.7 Å². The second-order valence-corrected chi connectivity index (χ2v) is 12.4. The molecule has 0 bridgehead atoms. The summed E-state index contributed by atoms with van der Waals surface area (Å²) in [5.74, 6) is 0. The van der Waals surface area contributed by atoms with Gasteiger partial charge in [-0.2, -0.15) is 0 Å². The van der Waals surface area contributed by atoms with Gasteiger partial charge in [-0.3, -0.25) is 0 Å². The Morgan fingerprint density at radius 3 is 2.48 bits per heavy atom. The minimum Gasteiger partial charge on any atom is -0.444 e. The molecule has 1 saturated heterocycles. The minimum atomic E-state index is -0.678. The van der Waals surface area contributed by atoms with Crippen LogP contribution in [0.4, 0.5) is 15.3 Å². The molecule has 2 aromatic heterocycles. The highest BCUT2D eigenvalue weighted by molar-refractivity contribution is 5.98. The SMILES string of the molecule is [C-]#[N+]c1cn(C(=O)OC(C)(C)C)c2ncc(-c3cc4c(c([C@@H]5CCCN5C(=O)OC(C)(C)C)c3)COCC4)cc12. The van der Waals surface area contributed by atoms with Crippen LogP contribution < -0.4 is 0 Å². The van der Waals surface area contributed by atoms with Gasteiger partial charge in [0.15, 0.2) is 0 Å². The van der Waals surface area contributed by atoms with Gasteiger partial charge in [-0.15, -0.1) is 0 Å². The van der Waals surface area contributed by atoms with Crippen molar-refractivity contribution in [2.75, 3.05) is 13.2 Å². The van der Waals surface area contributed by atoms with Crippen molar-refractivity contribution < 1.29 is 23.8 Å². The summed E-state index contributed by atoms with van der Waals surface area (Å²) in [6.45, 7) is 20.5. The van der Waals surface area contributed by atoms with Crippen LogP contribution in [0, 0.1) is 6.57 Å². The van der Waals surface area contributed by atoms with Crippen LogP contribution >= 0.6 is 0 Å². The molecule has 0 N–H and O–H groups in total. The Labute approximate surface area is 234 Å². The van der Waals surface area contributed by atoms with E-state index >= 15 is 0 Å². The molecule has 0 spiro atoms. The van der Waals surface area contributed by atoms with E-state index in [9.17, 15) is 9.59 Å². The zero-order valence-corrected chi connectivity index (χ0v) is 24.0. The Bertz CT molecular complexity index is 1520. The van der Waals surface area contributed by atoms with E-state index in [1.807, 2.05) is 31.7 Å². The van der Waals surface area contributed by atoms with Crippen LogP contribution in [0.2, 0.25) is 0 Å². The molecule has 0 unspecified atom stereocenters. The number of amides is 1. The smallest absolute Gasteiger partial charge is 0.418 e. The predicted molar refractivity (Wildman–Crippen MR) is 151 cm³/mol. The first-order valence-electron chi connectivity index (χ1n) is 13.7. The lowest BCUT2D eigenvalue weighted by Crippen LogP contribution is -2.36. The van der Waals surface area contributed by atoms with E-state index in [0.717, 1.165) is 41.5 Å². The predicted octanol–water partition coefficient (Wildman–Crippen LogP) is 7.18.